The Balaban J connectivity index is 2.14. The van der Waals surface area contributed by atoms with Crippen LogP contribution in [0.4, 0.5) is 0 Å². The number of hydrogen-bond acceptors (Lipinski definition) is 2. The largest absolute Gasteiger partial charge is 0.342 e. The van der Waals surface area contributed by atoms with E-state index in [1.807, 2.05) is 32.2 Å². The SMILES string of the molecule is Cn1c(-c2cnc(C(C)(C)N)[nH]2)cc2ccccc21. The topological polar surface area (TPSA) is 59.6 Å². The molecule has 4 nitrogen and oxygen atoms in total. The van der Waals surface area contributed by atoms with Crippen molar-refractivity contribution in [3.63, 3.8) is 0 Å². The summed E-state index contributed by atoms with van der Waals surface area (Å²) in [7, 11) is 2.06. The van der Waals surface area contributed by atoms with Gasteiger partial charge < -0.3 is 15.3 Å². The summed E-state index contributed by atoms with van der Waals surface area (Å²) in [6, 6.07) is 10.5. The van der Waals surface area contributed by atoms with E-state index < -0.39 is 5.54 Å². The zero-order chi connectivity index (χ0) is 13.6. The van der Waals surface area contributed by atoms with Crippen LogP contribution in [0.1, 0.15) is 19.7 Å². The number of aromatic amines is 1. The van der Waals surface area contributed by atoms with Crippen molar-refractivity contribution in [2.24, 2.45) is 12.8 Å². The minimum atomic E-state index is -0.456. The highest BCUT2D eigenvalue weighted by atomic mass is 15.0. The number of benzene rings is 1. The smallest absolute Gasteiger partial charge is 0.126 e. The van der Waals surface area contributed by atoms with Crippen LogP contribution in [0.5, 0.6) is 0 Å². The Labute approximate surface area is 112 Å². The van der Waals surface area contributed by atoms with Crippen LogP contribution in [0.15, 0.2) is 36.5 Å². The molecule has 0 aliphatic heterocycles. The summed E-state index contributed by atoms with van der Waals surface area (Å²) in [6.45, 7) is 3.88. The van der Waals surface area contributed by atoms with Gasteiger partial charge in [-0.05, 0) is 26.0 Å². The van der Waals surface area contributed by atoms with E-state index in [0.717, 1.165) is 17.2 Å². The first-order valence-electron chi connectivity index (χ1n) is 6.36. The number of nitrogens with zero attached hydrogens (tertiary/aromatic N) is 2. The first-order chi connectivity index (χ1) is 8.97. The molecular weight excluding hydrogens is 236 g/mol. The van der Waals surface area contributed by atoms with Crippen molar-refractivity contribution in [3.8, 4) is 11.4 Å². The van der Waals surface area contributed by atoms with Gasteiger partial charge in [-0.3, -0.25) is 0 Å². The maximum absolute atomic E-state index is 6.06. The van der Waals surface area contributed by atoms with E-state index in [-0.39, 0.29) is 0 Å². The number of aryl methyl sites for hydroxylation is 1. The zero-order valence-corrected chi connectivity index (χ0v) is 11.4. The van der Waals surface area contributed by atoms with Crippen LogP contribution in [0, 0.1) is 0 Å². The Kier molecular flexibility index (Phi) is 2.50. The lowest BCUT2D eigenvalue weighted by atomic mass is 10.1. The van der Waals surface area contributed by atoms with Crippen molar-refractivity contribution in [2.45, 2.75) is 19.4 Å². The van der Waals surface area contributed by atoms with Gasteiger partial charge in [-0.2, -0.15) is 0 Å². The summed E-state index contributed by atoms with van der Waals surface area (Å²) in [4.78, 5) is 7.70. The summed E-state index contributed by atoms with van der Waals surface area (Å²) in [5, 5.41) is 1.23. The molecule has 98 valence electrons. The van der Waals surface area contributed by atoms with Crippen LogP contribution in [0.25, 0.3) is 22.3 Å². The number of nitrogens with one attached hydrogen (secondary N) is 1. The van der Waals surface area contributed by atoms with E-state index >= 15 is 0 Å². The maximum Gasteiger partial charge on any atom is 0.126 e. The van der Waals surface area contributed by atoms with Gasteiger partial charge in [0.25, 0.3) is 0 Å². The number of nitrogens with two attached hydrogens (primary N) is 1. The number of rotatable bonds is 2. The highest BCUT2D eigenvalue weighted by Gasteiger charge is 2.19. The molecular formula is C15H18N4. The number of aromatic nitrogens is 3. The van der Waals surface area contributed by atoms with Crippen LogP contribution in [0.2, 0.25) is 0 Å². The fourth-order valence-corrected chi connectivity index (χ4v) is 2.33. The van der Waals surface area contributed by atoms with Gasteiger partial charge in [0.2, 0.25) is 0 Å². The third-order valence-corrected chi connectivity index (χ3v) is 3.41. The molecule has 1 aromatic carbocycles. The van der Waals surface area contributed by atoms with Gasteiger partial charge in [-0.1, -0.05) is 18.2 Å². The Morgan fingerprint density at radius 3 is 2.63 bits per heavy atom. The monoisotopic (exact) mass is 254 g/mol. The molecule has 0 radical (unpaired) electrons. The van der Waals surface area contributed by atoms with Crippen LogP contribution >= 0.6 is 0 Å². The second-order valence-corrected chi connectivity index (χ2v) is 5.51. The lowest BCUT2D eigenvalue weighted by Crippen LogP contribution is -2.30. The van der Waals surface area contributed by atoms with Gasteiger partial charge >= 0.3 is 0 Å². The molecule has 19 heavy (non-hydrogen) atoms. The molecule has 0 fully saturated rings. The average Bonchev–Trinajstić information content (AvgIpc) is 2.94. The molecule has 2 heterocycles. The molecule has 0 unspecified atom stereocenters. The van der Waals surface area contributed by atoms with E-state index in [1.165, 1.54) is 10.9 Å². The van der Waals surface area contributed by atoms with Gasteiger partial charge in [0.15, 0.2) is 0 Å². The molecule has 0 saturated heterocycles. The van der Waals surface area contributed by atoms with E-state index in [2.05, 4.69) is 39.8 Å². The van der Waals surface area contributed by atoms with Gasteiger partial charge in [0.05, 0.1) is 23.1 Å². The third kappa shape index (κ3) is 1.94. The third-order valence-electron chi connectivity index (χ3n) is 3.41. The second kappa shape index (κ2) is 3.96. The molecule has 3 rings (SSSR count). The van der Waals surface area contributed by atoms with E-state index in [1.54, 1.807) is 0 Å². The minimum absolute atomic E-state index is 0.456. The first-order valence-corrected chi connectivity index (χ1v) is 6.36. The van der Waals surface area contributed by atoms with E-state index in [4.69, 9.17) is 5.73 Å². The summed E-state index contributed by atoms with van der Waals surface area (Å²) >= 11 is 0. The summed E-state index contributed by atoms with van der Waals surface area (Å²) in [5.41, 5.74) is 8.92. The summed E-state index contributed by atoms with van der Waals surface area (Å²) in [6.07, 6.45) is 1.85. The average molecular weight is 254 g/mol. The van der Waals surface area contributed by atoms with Gasteiger partial charge in [-0.25, -0.2) is 4.98 Å². The standard InChI is InChI=1S/C15H18N4/c1-15(2,16)14-17-9-11(18-14)13-8-10-6-4-5-7-12(10)19(13)3/h4-9H,16H2,1-3H3,(H,17,18). The number of para-hydroxylation sites is 1. The van der Waals surface area contributed by atoms with Crippen LogP contribution in [0.3, 0.4) is 0 Å². The number of H-pyrrole nitrogens is 1. The summed E-state index contributed by atoms with van der Waals surface area (Å²) in [5.74, 6) is 0.799. The van der Waals surface area contributed by atoms with Gasteiger partial charge in [0.1, 0.15) is 5.82 Å². The predicted molar refractivity (Wildman–Crippen MR) is 77.7 cm³/mol. The first kappa shape index (κ1) is 12.0. The maximum atomic E-state index is 6.06. The quantitative estimate of drug-likeness (QED) is 0.738. The molecule has 0 bridgehead atoms. The minimum Gasteiger partial charge on any atom is -0.342 e. The van der Waals surface area contributed by atoms with Crippen molar-refractivity contribution in [3.05, 3.63) is 42.4 Å². The molecule has 0 atom stereocenters. The molecule has 2 aromatic heterocycles. The fourth-order valence-electron chi connectivity index (χ4n) is 2.33. The zero-order valence-electron chi connectivity index (χ0n) is 11.4. The second-order valence-electron chi connectivity index (χ2n) is 5.51. The van der Waals surface area contributed by atoms with Gasteiger partial charge in [-0.15, -0.1) is 0 Å². The van der Waals surface area contributed by atoms with Crippen molar-refractivity contribution < 1.29 is 0 Å². The Bertz CT molecular complexity index is 728. The van der Waals surface area contributed by atoms with Crippen LogP contribution < -0.4 is 5.73 Å². The van der Waals surface area contributed by atoms with Crippen LogP contribution in [-0.4, -0.2) is 14.5 Å². The molecule has 0 spiro atoms. The van der Waals surface area contributed by atoms with Crippen molar-refractivity contribution in [2.75, 3.05) is 0 Å². The molecule has 3 aromatic rings. The molecule has 0 amide bonds. The highest BCUT2D eigenvalue weighted by molar-refractivity contribution is 5.86. The van der Waals surface area contributed by atoms with E-state index in [0.29, 0.717) is 0 Å². The highest BCUT2D eigenvalue weighted by Crippen LogP contribution is 2.27. The number of hydrogen-bond donors (Lipinski definition) is 2. The van der Waals surface area contributed by atoms with E-state index in [9.17, 15) is 0 Å². The van der Waals surface area contributed by atoms with Crippen molar-refractivity contribution in [1.82, 2.24) is 14.5 Å². The Morgan fingerprint density at radius 1 is 1.26 bits per heavy atom. The molecule has 0 aliphatic carbocycles. The van der Waals surface area contributed by atoms with Crippen molar-refractivity contribution in [1.29, 1.82) is 0 Å². The molecule has 0 saturated carbocycles. The molecule has 0 aliphatic rings. The lowest BCUT2D eigenvalue weighted by Gasteiger charge is -2.14. The Hall–Kier alpha value is -2.07. The van der Waals surface area contributed by atoms with Crippen LogP contribution in [-0.2, 0) is 12.6 Å². The lowest BCUT2D eigenvalue weighted by molar-refractivity contribution is 0.520. The normalized spacial score (nSPS) is 12.2. The number of imidazole rings is 1. The van der Waals surface area contributed by atoms with Gasteiger partial charge in [0, 0.05) is 18.0 Å². The Morgan fingerprint density at radius 2 is 2.00 bits per heavy atom. The fraction of sp³-hybridized carbons (Fsp3) is 0.267. The molecule has 4 heteroatoms. The predicted octanol–water partition coefficient (Wildman–Crippen LogP) is 2.76. The molecule has 3 N–H and O–H groups in total. The summed E-state index contributed by atoms with van der Waals surface area (Å²) < 4.78 is 2.16. The number of fused-ring (bicyclic) bond motifs is 1. The van der Waals surface area contributed by atoms with Crippen molar-refractivity contribution >= 4 is 10.9 Å².